The lowest BCUT2D eigenvalue weighted by molar-refractivity contribution is -0.0429. The molecule has 1 fully saturated rings. The van der Waals surface area contributed by atoms with Crippen molar-refractivity contribution < 1.29 is 30.8 Å². The topological polar surface area (TPSA) is 106 Å². The van der Waals surface area contributed by atoms with Crippen LogP contribution in [0.15, 0.2) is 51.7 Å². The number of fused-ring (bicyclic) bond motifs is 1. The maximum absolute atomic E-state index is 13.3. The highest BCUT2D eigenvalue weighted by Gasteiger charge is 2.46. The van der Waals surface area contributed by atoms with Crippen LogP contribution in [0.1, 0.15) is 53.3 Å². The molecule has 2 aromatic rings. The van der Waals surface area contributed by atoms with Crippen LogP contribution in [-0.2, 0) is 23.0 Å². The summed E-state index contributed by atoms with van der Waals surface area (Å²) in [5.74, 6) is 0.607. The van der Waals surface area contributed by atoms with E-state index < -0.39 is 15.5 Å². The van der Waals surface area contributed by atoms with E-state index in [2.05, 4.69) is 21.2 Å². The van der Waals surface area contributed by atoms with Crippen LogP contribution in [0.5, 0.6) is 0 Å². The molecular formula is C26H24BrF3N4O4S. The number of aromatic nitrogens is 2. The number of imidazole rings is 1. The molecule has 2 aliphatic carbocycles. The summed E-state index contributed by atoms with van der Waals surface area (Å²) >= 11 is 3.58. The third-order valence-corrected chi connectivity index (χ3v) is 8.65. The Morgan fingerprint density at radius 2 is 1.90 bits per heavy atom. The number of anilines is 1. The molecule has 5 rings (SSSR count). The van der Waals surface area contributed by atoms with Gasteiger partial charge >= 0.3 is 15.5 Å². The van der Waals surface area contributed by atoms with Crippen LogP contribution >= 0.6 is 15.9 Å². The molecule has 2 heterocycles. The molecule has 13 heteroatoms. The van der Waals surface area contributed by atoms with Gasteiger partial charge in [-0.1, -0.05) is 25.1 Å². The molecule has 1 aliphatic heterocycles. The lowest BCUT2D eigenvalue weighted by Gasteiger charge is -2.17. The number of halogens is 4. The van der Waals surface area contributed by atoms with Crippen molar-refractivity contribution in [2.45, 2.75) is 44.2 Å². The van der Waals surface area contributed by atoms with Crippen LogP contribution in [0, 0.1) is 0 Å². The summed E-state index contributed by atoms with van der Waals surface area (Å²) < 4.78 is 73.2. The number of nitrogens with zero attached hydrogens (tertiary/aromatic N) is 2. The van der Waals surface area contributed by atoms with E-state index in [9.17, 15) is 26.4 Å². The number of carbonyl (C=O) groups excluding carboxylic acids is 1. The van der Waals surface area contributed by atoms with Gasteiger partial charge < -0.3 is 14.3 Å². The fraction of sp³-hybridized carbons (Fsp3) is 0.308. The van der Waals surface area contributed by atoms with Gasteiger partial charge in [0.1, 0.15) is 11.5 Å². The summed E-state index contributed by atoms with van der Waals surface area (Å²) in [6, 6.07) is 7.59. The Hall–Kier alpha value is -3.32. The number of nitrogens with one attached hydrogen (secondary N) is 2. The number of amides is 1. The highest BCUT2D eigenvalue weighted by molar-refractivity contribution is 9.10. The van der Waals surface area contributed by atoms with Crippen molar-refractivity contribution >= 4 is 37.5 Å². The lowest BCUT2D eigenvalue weighted by Crippen LogP contribution is -2.30. The summed E-state index contributed by atoms with van der Waals surface area (Å²) in [5, 5.41) is 2.70. The first kappa shape index (κ1) is 27.3. The fourth-order valence-electron chi connectivity index (χ4n) is 4.76. The van der Waals surface area contributed by atoms with E-state index in [1.165, 1.54) is 30.7 Å². The van der Waals surface area contributed by atoms with Crippen LogP contribution in [0.25, 0.3) is 22.3 Å². The van der Waals surface area contributed by atoms with Gasteiger partial charge in [-0.15, -0.1) is 0 Å². The summed E-state index contributed by atoms with van der Waals surface area (Å²) in [4.78, 5) is 17.8. The van der Waals surface area contributed by atoms with Gasteiger partial charge in [0, 0.05) is 40.5 Å². The molecule has 0 bridgehead atoms. The minimum absolute atomic E-state index is 0.160. The fourth-order valence-corrected chi connectivity index (χ4v) is 6.10. The molecule has 0 saturated heterocycles. The molecule has 8 nitrogen and oxygen atoms in total. The number of alkyl halides is 3. The number of para-hydroxylation sites is 1. The number of carbonyl (C=O) groups is 1. The SMILES string of the molecule is CCc1nc(C2CC2)c(C(=O)NC)n1Cc1c2ccocc-2c(Br)c1-c1ccccc1NS(=O)(=O)C(F)(F)F. The van der Waals surface area contributed by atoms with E-state index in [1.807, 2.05) is 11.5 Å². The molecular weight excluding hydrogens is 601 g/mol. The summed E-state index contributed by atoms with van der Waals surface area (Å²) in [5.41, 5.74) is -1.84. The maximum Gasteiger partial charge on any atom is 0.516 e. The molecule has 0 atom stereocenters. The summed E-state index contributed by atoms with van der Waals surface area (Å²) in [6.45, 7) is 2.09. The average Bonchev–Trinajstić information content (AvgIpc) is 3.63. The van der Waals surface area contributed by atoms with Crippen LogP contribution < -0.4 is 10.0 Å². The molecule has 2 N–H and O–H groups in total. The first-order chi connectivity index (χ1) is 18.5. The molecule has 1 saturated carbocycles. The van der Waals surface area contributed by atoms with Gasteiger partial charge in [0.15, 0.2) is 0 Å². The molecule has 3 aliphatic rings. The quantitative estimate of drug-likeness (QED) is 0.246. The Morgan fingerprint density at radius 3 is 2.54 bits per heavy atom. The highest BCUT2D eigenvalue weighted by atomic mass is 79.9. The average molecular weight is 625 g/mol. The zero-order valence-electron chi connectivity index (χ0n) is 20.9. The third-order valence-electron chi connectivity index (χ3n) is 6.73. The Bertz CT molecular complexity index is 1640. The molecule has 0 unspecified atom stereocenters. The monoisotopic (exact) mass is 624 g/mol. The van der Waals surface area contributed by atoms with Crippen molar-refractivity contribution in [3.05, 3.63) is 70.1 Å². The van der Waals surface area contributed by atoms with E-state index in [4.69, 9.17) is 9.40 Å². The van der Waals surface area contributed by atoms with E-state index >= 15 is 0 Å². The van der Waals surface area contributed by atoms with Crippen molar-refractivity contribution in [2.24, 2.45) is 0 Å². The van der Waals surface area contributed by atoms with Gasteiger partial charge in [-0.05, 0) is 52.0 Å². The van der Waals surface area contributed by atoms with Gasteiger partial charge in [-0.3, -0.25) is 9.52 Å². The number of aryl methyl sites for hydroxylation is 1. The molecule has 39 heavy (non-hydrogen) atoms. The Kier molecular flexibility index (Phi) is 7.00. The predicted octanol–water partition coefficient (Wildman–Crippen LogP) is 6.12. The largest absolute Gasteiger partial charge is 0.516 e. The molecule has 1 aromatic carbocycles. The van der Waals surface area contributed by atoms with Gasteiger partial charge in [0.05, 0.1) is 30.5 Å². The number of sulfonamides is 1. The van der Waals surface area contributed by atoms with Crippen LogP contribution in [0.2, 0.25) is 0 Å². The molecule has 1 amide bonds. The number of hydrogen-bond acceptors (Lipinski definition) is 5. The van der Waals surface area contributed by atoms with Crippen LogP contribution in [0.4, 0.5) is 18.9 Å². The third kappa shape index (κ3) is 4.82. The van der Waals surface area contributed by atoms with Crippen molar-refractivity contribution in [1.29, 1.82) is 0 Å². The zero-order valence-corrected chi connectivity index (χ0v) is 23.3. The first-order valence-corrected chi connectivity index (χ1v) is 14.4. The second-order valence-corrected chi connectivity index (χ2v) is 11.7. The Labute approximate surface area is 231 Å². The summed E-state index contributed by atoms with van der Waals surface area (Å²) in [6.07, 6.45) is 5.40. The van der Waals surface area contributed by atoms with Gasteiger partial charge in [0.25, 0.3) is 5.91 Å². The van der Waals surface area contributed by atoms with Crippen molar-refractivity contribution in [3.63, 3.8) is 0 Å². The van der Waals surface area contributed by atoms with Crippen molar-refractivity contribution in [2.75, 3.05) is 11.8 Å². The smallest absolute Gasteiger partial charge is 0.472 e. The van der Waals surface area contributed by atoms with Gasteiger partial charge in [-0.2, -0.15) is 21.6 Å². The minimum Gasteiger partial charge on any atom is -0.472 e. The Morgan fingerprint density at radius 1 is 1.18 bits per heavy atom. The summed E-state index contributed by atoms with van der Waals surface area (Å²) in [7, 11) is -4.13. The van der Waals surface area contributed by atoms with E-state index in [-0.39, 0.29) is 29.6 Å². The maximum atomic E-state index is 13.3. The molecule has 0 spiro atoms. The van der Waals surface area contributed by atoms with Crippen molar-refractivity contribution in [1.82, 2.24) is 14.9 Å². The second kappa shape index (κ2) is 10.0. The van der Waals surface area contributed by atoms with E-state index in [0.29, 0.717) is 39.1 Å². The van der Waals surface area contributed by atoms with Crippen LogP contribution in [0.3, 0.4) is 0 Å². The second-order valence-electron chi connectivity index (χ2n) is 9.20. The highest BCUT2D eigenvalue weighted by Crippen LogP contribution is 2.49. The number of hydrogen-bond donors (Lipinski definition) is 2. The van der Waals surface area contributed by atoms with Crippen molar-refractivity contribution in [3.8, 4) is 22.3 Å². The predicted molar refractivity (Wildman–Crippen MR) is 143 cm³/mol. The minimum atomic E-state index is -5.68. The molecule has 206 valence electrons. The molecule has 0 radical (unpaired) electrons. The van der Waals surface area contributed by atoms with Gasteiger partial charge in [0.2, 0.25) is 0 Å². The van der Waals surface area contributed by atoms with Crippen LogP contribution in [-0.4, -0.2) is 36.4 Å². The van der Waals surface area contributed by atoms with E-state index in [0.717, 1.165) is 24.1 Å². The number of benzene rings is 1. The standard InChI is InChI=1S/C26H24BrF3N4O4S/c1-3-20-32-23(14-8-9-14)24(25(35)31-2)34(20)12-17-15-10-11-38-13-18(15)22(27)21(17)16-6-4-5-7-19(16)33-39(36,37)26(28,29)30/h4-7,10-11,13-14,33H,3,8-9,12H2,1-2H3,(H,31,35). The lowest BCUT2D eigenvalue weighted by atomic mass is 10.0. The Balaban J connectivity index is 1.74. The van der Waals surface area contributed by atoms with Gasteiger partial charge in [-0.25, -0.2) is 4.98 Å². The first-order valence-electron chi connectivity index (χ1n) is 12.1. The zero-order chi connectivity index (χ0) is 28.1. The van der Waals surface area contributed by atoms with E-state index in [1.54, 1.807) is 23.9 Å². The number of rotatable bonds is 8. The normalized spacial score (nSPS) is 14.1. The molecule has 1 aromatic heterocycles.